The first-order chi connectivity index (χ1) is 9.54. The lowest BCUT2D eigenvalue weighted by Gasteiger charge is -2.08. The molecule has 7 N–H and O–H groups in total. The summed E-state index contributed by atoms with van der Waals surface area (Å²) in [6.07, 6.45) is 3.15. The highest BCUT2D eigenvalue weighted by molar-refractivity contribution is 7.33. The van der Waals surface area contributed by atoms with E-state index in [-0.39, 0.29) is 0 Å². The topological polar surface area (TPSA) is 157 Å². The highest BCUT2D eigenvalue weighted by atomic mass is 31.1. The fourth-order valence-corrected chi connectivity index (χ4v) is 1.77. The van der Waals surface area contributed by atoms with Crippen LogP contribution in [0.5, 0.6) is 0 Å². The van der Waals surface area contributed by atoms with Crippen LogP contribution in [0.15, 0.2) is 0 Å². The zero-order chi connectivity index (χ0) is 15.6. The van der Waals surface area contributed by atoms with Gasteiger partial charge in [-0.2, -0.15) is 0 Å². The first-order valence-electron chi connectivity index (χ1n) is 6.36. The Morgan fingerprint density at radius 3 is 1.80 bits per heavy atom. The molecule has 0 aliphatic carbocycles. The van der Waals surface area contributed by atoms with Gasteiger partial charge in [-0.3, -0.25) is 9.13 Å². The molecule has 0 bridgehead atoms. The Morgan fingerprint density at radius 1 is 1.05 bits per heavy atom. The summed E-state index contributed by atoms with van der Waals surface area (Å²) in [5.41, 5.74) is 10.3. The van der Waals surface area contributed by atoms with Crippen molar-refractivity contribution in [2.45, 2.75) is 19.3 Å². The number of hydrogen-bond acceptors (Lipinski definition) is 7. The average Bonchev–Trinajstić information content (AvgIpc) is 2.35. The summed E-state index contributed by atoms with van der Waals surface area (Å²) in [4.78, 5) is 14.3. The molecule has 1 aliphatic rings. The van der Waals surface area contributed by atoms with E-state index in [1.807, 2.05) is 0 Å². The molecule has 0 amide bonds. The molecule has 1 saturated heterocycles. The predicted octanol–water partition coefficient (Wildman–Crippen LogP) is -0.553. The molecule has 0 unspecified atom stereocenters. The quantitative estimate of drug-likeness (QED) is 0.336. The Labute approximate surface area is 120 Å². The minimum atomic E-state index is -3.13. The molecule has 0 spiro atoms. The second-order valence-electron chi connectivity index (χ2n) is 3.62. The maximum Gasteiger partial charge on any atom is 0.319 e. The van der Waals surface area contributed by atoms with E-state index in [4.69, 9.17) is 34.9 Å². The SMILES string of the molecule is NCCNCCN.O=[PH](O)O.O=[PH]1OCCCCCO1. The van der Waals surface area contributed by atoms with Crippen molar-refractivity contribution in [2.24, 2.45) is 11.5 Å². The van der Waals surface area contributed by atoms with Gasteiger partial charge >= 0.3 is 16.5 Å². The molecule has 0 aromatic carbocycles. The van der Waals surface area contributed by atoms with Crippen LogP contribution < -0.4 is 16.8 Å². The minimum Gasteiger partial charge on any atom is -0.329 e. The van der Waals surface area contributed by atoms with E-state index in [9.17, 15) is 4.57 Å². The first kappa shape index (κ1) is 22.5. The number of hydrogen-bond donors (Lipinski definition) is 5. The summed E-state index contributed by atoms with van der Waals surface area (Å²) >= 11 is 0. The van der Waals surface area contributed by atoms with Gasteiger partial charge < -0.3 is 35.6 Å². The van der Waals surface area contributed by atoms with Crippen molar-refractivity contribution in [2.75, 3.05) is 39.4 Å². The van der Waals surface area contributed by atoms with E-state index >= 15 is 0 Å². The van der Waals surface area contributed by atoms with Crippen molar-refractivity contribution in [3.05, 3.63) is 0 Å². The lowest BCUT2D eigenvalue weighted by atomic mass is 10.2. The minimum absolute atomic E-state index is 0.595. The first-order valence-corrected chi connectivity index (χ1v) is 8.89. The Morgan fingerprint density at radius 2 is 1.45 bits per heavy atom. The smallest absolute Gasteiger partial charge is 0.319 e. The Bertz CT molecular complexity index is 230. The van der Waals surface area contributed by atoms with Crippen molar-refractivity contribution >= 4 is 16.5 Å². The van der Waals surface area contributed by atoms with Crippen LogP contribution in [0, 0.1) is 0 Å². The summed E-state index contributed by atoms with van der Waals surface area (Å²) in [5.74, 6) is 0. The number of nitrogens with one attached hydrogen (secondary N) is 1. The van der Waals surface area contributed by atoms with Gasteiger partial charge in [0.15, 0.2) is 0 Å². The standard InChI is InChI=1S/C5H11O3P.C4H13N3.H3O3P/c6-9-7-4-2-1-3-5-8-9;5-1-3-7-4-2-6;1-4(2)3/h9H,1-5H2;7H,1-6H2;4H,(H2,1,2,3). The van der Waals surface area contributed by atoms with Crippen molar-refractivity contribution in [1.82, 2.24) is 5.32 Å². The van der Waals surface area contributed by atoms with Gasteiger partial charge in [0, 0.05) is 26.2 Å². The Balaban J connectivity index is 0. The van der Waals surface area contributed by atoms with E-state index in [0.717, 1.165) is 32.4 Å². The van der Waals surface area contributed by atoms with Gasteiger partial charge in [0.25, 0.3) is 0 Å². The van der Waals surface area contributed by atoms with Crippen LogP contribution in [0.4, 0.5) is 0 Å². The predicted molar refractivity (Wildman–Crippen MR) is 79.2 cm³/mol. The van der Waals surface area contributed by atoms with Crippen LogP contribution in [0.1, 0.15) is 19.3 Å². The largest absolute Gasteiger partial charge is 0.329 e. The molecule has 0 radical (unpaired) electrons. The van der Waals surface area contributed by atoms with Gasteiger partial charge in [0.1, 0.15) is 0 Å². The Hall–Kier alpha value is 0.180. The van der Waals surface area contributed by atoms with E-state index in [1.165, 1.54) is 0 Å². The second-order valence-corrected chi connectivity index (χ2v) is 5.26. The third kappa shape index (κ3) is 26.7. The normalized spacial score (nSPS) is 16.2. The molecular formula is C9H27N3O6P2. The Kier molecular flexibility index (Phi) is 21.5. The van der Waals surface area contributed by atoms with E-state index in [1.54, 1.807) is 0 Å². The molecule has 0 aromatic heterocycles. The molecule has 1 heterocycles. The lowest BCUT2D eigenvalue weighted by molar-refractivity contribution is 0.198. The molecule has 9 nitrogen and oxygen atoms in total. The van der Waals surface area contributed by atoms with Crippen LogP contribution in [0.3, 0.4) is 0 Å². The van der Waals surface area contributed by atoms with Gasteiger partial charge in [-0.25, -0.2) is 0 Å². The highest BCUT2D eigenvalue weighted by Gasteiger charge is 2.02. The van der Waals surface area contributed by atoms with Gasteiger partial charge in [-0.05, 0) is 19.3 Å². The fourth-order valence-electron chi connectivity index (χ4n) is 1.06. The highest BCUT2D eigenvalue weighted by Crippen LogP contribution is 2.26. The van der Waals surface area contributed by atoms with Crippen molar-refractivity contribution in [1.29, 1.82) is 0 Å². The maximum atomic E-state index is 10.6. The molecule has 0 atom stereocenters. The molecule has 124 valence electrons. The third-order valence-corrected chi connectivity index (χ3v) is 2.75. The summed E-state index contributed by atoms with van der Waals surface area (Å²) in [7, 11) is -5.23. The summed E-state index contributed by atoms with van der Waals surface area (Å²) in [6, 6.07) is 0. The summed E-state index contributed by atoms with van der Waals surface area (Å²) in [6.45, 7) is 4.32. The molecule has 11 heteroatoms. The molecule has 1 fully saturated rings. The van der Waals surface area contributed by atoms with Crippen LogP contribution in [-0.4, -0.2) is 49.2 Å². The van der Waals surface area contributed by atoms with Gasteiger partial charge in [0.2, 0.25) is 0 Å². The number of nitrogens with two attached hydrogens (primary N) is 2. The molecule has 20 heavy (non-hydrogen) atoms. The van der Waals surface area contributed by atoms with E-state index in [0.29, 0.717) is 26.3 Å². The molecular weight excluding hydrogens is 308 g/mol. The van der Waals surface area contributed by atoms with Crippen LogP contribution >= 0.6 is 16.5 Å². The molecule has 0 aromatic rings. The lowest BCUT2D eigenvalue weighted by Crippen LogP contribution is -2.27. The van der Waals surface area contributed by atoms with Crippen molar-refractivity contribution < 1.29 is 28.0 Å². The zero-order valence-electron chi connectivity index (χ0n) is 11.5. The van der Waals surface area contributed by atoms with Gasteiger partial charge in [-0.15, -0.1) is 0 Å². The number of rotatable bonds is 4. The summed E-state index contributed by atoms with van der Waals surface area (Å²) in [5, 5.41) is 3.03. The molecule has 1 aliphatic heterocycles. The summed E-state index contributed by atoms with van der Waals surface area (Å²) < 4.78 is 28.9. The monoisotopic (exact) mass is 335 g/mol. The third-order valence-electron chi connectivity index (χ3n) is 1.87. The molecule has 1 rings (SSSR count). The van der Waals surface area contributed by atoms with Gasteiger partial charge in [-0.1, -0.05) is 0 Å². The second kappa shape index (κ2) is 19.2. The van der Waals surface area contributed by atoms with Crippen LogP contribution in [-0.2, 0) is 18.2 Å². The van der Waals surface area contributed by atoms with Crippen molar-refractivity contribution in [3.8, 4) is 0 Å². The van der Waals surface area contributed by atoms with Crippen LogP contribution in [0.25, 0.3) is 0 Å². The fraction of sp³-hybridized carbons (Fsp3) is 1.00. The average molecular weight is 335 g/mol. The zero-order valence-corrected chi connectivity index (χ0v) is 13.5. The maximum absolute atomic E-state index is 10.6. The van der Waals surface area contributed by atoms with E-state index < -0.39 is 16.5 Å². The van der Waals surface area contributed by atoms with Gasteiger partial charge in [0.05, 0.1) is 13.2 Å². The van der Waals surface area contributed by atoms with Crippen molar-refractivity contribution in [3.63, 3.8) is 0 Å². The molecule has 0 saturated carbocycles. The van der Waals surface area contributed by atoms with Crippen LogP contribution in [0.2, 0.25) is 0 Å². The van der Waals surface area contributed by atoms with E-state index in [2.05, 4.69) is 5.32 Å².